The molecule has 0 spiro atoms. The van der Waals surface area contributed by atoms with Gasteiger partial charge in [-0.15, -0.1) is 0 Å². The van der Waals surface area contributed by atoms with Crippen LogP contribution in [0.3, 0.4) is 0 Å². The molecule has 0 rings (SSSR count). The van der Waals surface area contributed by atoms with Gasteiger partial charge in [0.15, 0.2) is 15.8 Å². The SMILES string of the molecule is [B]NCCOCCOCCNC(=O)COCC(=O)NCCOCCOCCNC(=O)COCC([B])=O. The van der Waals surface area contributed by atoms with Crippen molar-refractivity contribution in [2.75, 3.05) is 105 Å². The number of carbonyl (C=O) groups is 4. The Balaban J connectivity index is 3.36. The van der Waals surface area contributed by atoms with E-state index in [0.29, 0.717) is 52.7 Å². The fourth-order valence-electron chi connectivity index (χ4n) is 2.20. The van der Waals surface area contributed by atoms with E-state index in [1.54, 1.807) is 0 Å². The second-order valence-corrected chi connectivity index (χ2v) is 6.91. The molecule has 36 heavy (non-hydrogen) atoms. The quantitative estimate of drug-likeness (QED) is 0.0652. The molecule has 202 valence electrons. The molecule has 0 atom stereocenters. The first-order valence-corrected chi connectivity index (χ1v) is 11.4. The smallest absolute Gasteiger partial charge is 0.246 e. The van der Waals surface area contributed by atoms with Gasteiger partial charge in [0.05, 0.1) is 59.5 Å². The third-order valence-corrected chi connectivity index (χ3v) is 3.78. The molecule has 0 aromatic carbocycles. The van der Waals surface area contributed by atoms with Crippen LogP contribution in [0.2, 0.25) is 0 Å². The summed E-state index contributed by atoms with van der Waals surface area (Å²) < 4.78 is 30.9. The molecular weight excluding hydrogens is 478 g/mol. The summed E-state index contributed by atoms with van der Waals surface area (Å²) in [5, 5.41) is 10.2. The summed E-state index contributed by atoms with van der Waals surface area (Å²) in [6, 6.07) is 0. The summed E-state index contributed by atoms with van der Waals surface area (Å²) in [5.41, 5.74) is -0.646. The highest BCUT2D eigenvalue weighted by atomic mass is 16.5. The van der Waals surface area contributed by atoms with Crippen LogP contribution in [-0.4, -0.2) is 145 Å². The lowest BCUT2D eigenvalue weighted by Gasteiger charge is -2.09. The number of carbonyl (C=O) groups excluding carboxylic acids is 4. The Morgan fingerprint density at radius 3 is 1.14 bits per heavy atom. The summed E-state index contributed by atoms with van der Waals surface area (Å²) >= 11 is 0. The Bertz CT molecular complexity index is 605. The fraction of sp³-hybridized carbons (Fsp3) is 0.800. The molecule has 0 bridgehead atoms. The van der Waals surface area contributed by atoms with E-state index >= 15 is 0 Å². The molecular formula is C20H36B2N4O10. The third-order valence-electron chi connectivity index (χ3n) is 3.78. The van der Waals surface area contributed by atoms with Crippen LogP contribution in [0.25, 0.3) is 0 Å². The van der Waals surface area contributed by atoms with Gasteiger partial charge >= 0.3 is 0 Å². The van der Waals surface area contributed by atoms with Crippen molar-refractivity contribution in [2.24, 2.45) is 0 Å². The molecule has 0 heterocycles. The van der Waals surface area contributed by atoms with E-state index in [1.807, 2.05) is 0 Å². The topological polar surface area (TPSA) is 172 Å². The lowest BCUT2D eigenvalue weighted by Crippen LogP contribution is -2.34. The Morgan fingerprint density at radius 2 is 0.806 bits per heavy atom. The lowest BCUT2D eigenvalue weighted by atomic mass is 10.1. The van der Waals surface area contributed by atoms with Crippen molar-refractivity contribution in [3.8, 4) is 0 Å². The summed E-state index contributed by atoms with van der Waals surface area (Å²) in [6.07, 6.45) is 0. The number of nitrogens with one attached hydrogen (secondary N) is 4. The first-order chi connectivity index (χ1) is 17.5. The number of rotatable bonds is 26. The lowest BCUT2D eigenvalue weighted by molar-refractivity contribution is -0.131. The standard InChI is InChI=1S/C20H36B2N4O10/c21-17(27)13-35-14-18(28)23-1-5-31-9-10-32-6-2-24-19(29)15-36-16-20(30)25-3-7-33-11-12-34-8-4-26-22/h26H,1-16H2,(H,23,28)(H,24,29)(H,25,30). The van der Waals surface area contributed by atoms with Gasteiger partial charge in [-0.05, 0) is 0 Å². The molecule has 0 unspecified atom stereocenters. The first-order valence-electron chi connectivity index (χ1n) is 11.4. The van der Waals surface area contributed by atoms with E-state index in [-0.39, 0.29) is 70.5 Å². The highest BCUT2D eigenvalue weighted by Gasteiger charge is 2.05. The minimum atomic E-state index is -0.646. The van der Waals surface area contributed by atoms with Gasteiger partial charge in [-0.3, -0.25) is 14.4 Å². The Kier molecular flexibility index (Phi) is 24.5. The minimum Gasteiger partial charge on any atom is -0.378 e. The van der Waals surface area contributed by atoms with Crippen LogP contribution in [0.1, 0.15) is 0 Å². The van der Waals surface area contributed by atoms with Crippen molar-refractivity contribution >= 4 is 39.2 Å². The molecule has 0 aromatic heterocycles. The molecule has 4 radical (unpaired) electrons. The summed E-state index contributed by atoms with van der Waals surface area (Å²) in [5.74, 6) is -1.10. The van der Waals surface area contributed by atoms with E-state index in [2.05, 4.69) is 21.2 Å². The summed E-state index contributed by atoms with van der Waals surface area (Å²) in [4.78, 5) is 45.1. The predicted molar refractivity (Wildman–Crippen MR) is 128 cm³/mol. The average Bonchev–Trinajstić information content (AvgIpc) is 2.84. The van der Waals surface area contributed by atoms with Gasteiger partial charge in [-0.1, -0.05) is 0 Å². The monoisotopic (exact) mass is 514 g/mol. The molecule has 14 nitrogen and oxygen atoms in total. The van der Waals surface area contributed by atoms with Gasteiger partial charge in [-0.25, -0.2) is 0 Å². The van der Waals surface area contributed by atoms with Crippen molar-refractivity contribution in [1.82, 2.24) is 21.2 Å². The van der Waals surface area contributed by atoms with E-state index in [1.165, 1.54) is 0 Å². The molecule has 0 saturated heterocycles. The molecule has 16 heteroatoms. The maximum Gasteiger partial charge on any atom is 0.246 e. The largest absolute Gasteiger partial charge is 0.378 e. The number of amides is 3. The molecule has 3 amide bonds. The zero-order valence-corrected chi connectivity index (χ0v) is 20.6. The highest BCUT2D eigenvalue weighted by Crippen LogP contribution is 1.82. The van der Waals surface area contributed by atoms with Crippen LogP contribution < -0.4 is 21.2 Å². The van der Waals surface area contributed by atoms with Gasteiger partial charge in [0, 0.05) is 26.2 Å². The molecule has 0 saturated carbocycles. The van der Waals surface area contributed by atoms with Crippen molar-refractivity contribution in [3.05, 3.63) is 0 Å². The van der Waals surface area contributed by atoms with E-state index in [4.69, 9.17) is 44.2 Å². The fourth-order valence-corrected chi connectivity index (χ4v) is 2.20. The number of hydrogen-bond acceptors (Lipinski definition) is 11. The Hall–Kier alpha value is -2.07. The third kappa shape index (κ3) is 26.5. The van der Waals surface area contributed by atoms with E-state index in [0.717, 1.165) is 0 Å². The molecule has 0 aliphatic rings. The van der Waals surface area contributed by atoms with Crippen LogP contribution >= 0.6 is 0 Å². The van der Waals surface area contributed by atoms with Crippen molar-refractivity contribution < 1.29 is 47.6 Å². The average molecular weight is 514 g/mol. The molecule has 0 aliphatic heterocycles. The maximum atomic E-state index is 11.7. The van der Waals surface area contributed by atoms with Gasteiger partial charge in [0.2, 0.25) is 17.7 Å². The number of ether oxygens (including phenoxy) is 6. The zero-order valence-electron chi connectivity index (χ0n) is 20.6. The molecule has 0 aromatic rings. The zero-order chi connectivity index (χ0) is 26.7. The Morgan fingerprint density at radius 1 is 0.472 bits per heavy atom. The van der Waals surface area contributed by atoms with E-state index < -0.39 is 5.68 Å². The maximum absolute atomic E-state index is 11.7. The van der Waals surface area contributed by atoms with Crippen molar-refractivity contribution in [3.63, 3.8) is 0 Å². The first kappa shape index (κ1) is 33.9. The summed E-state index contributed by atoms with van der Waals surface area (Å²) in [6.45, 7) is 3.24. The van der Waals surface area contributed by atoms with Crippen LogP contribution in [0.5, 0.6) is 0 Å². The Labute approximate surface area is 214 Å². The van der Waals surface area contributed by atoms with Crippen LogP contribution in [0.15, 0.2) is 0 Å². The number of hydrogen-bond donors (Lipinski definition) is 4. The normalized spacial score (nSPS) is 10.7. The summed E-state index contributed by atoms with van der Waals surface area (Å²) in [7, 11) is 9.98. The van der Waals surface area contributed by atoms with Gasteiger partial charge in [0.1, 0.15) is 25.5 Å². The molecule has 0 aliphatic carbocycles. The highest BCUT2D eigenvalue weighted by molar-refractivity contribution is 6.58. The predicted octanol–water partition coefficient (Wildman–Crippen LogP) is -4.20. The van der Waals surface area contributed by atoms with Crippen molar-refractivity contribution in [2.45, 2.75) is 0 Å². The van der Waals surface area contributed by atoms with Gasteiger partial charge in [0.25, 0.3) is 0 Å². The van der Waals surface area contributed by atoms with Gasteiger partial charge in [-0.2, -0.15) is 0 Å². The second kappa shape index (κ2) is 26.0. The molecule has 0 fully saturated rings. The second-order valence-electron chi connectivity index (χ2n) is 6.91. The van der Waals surface area contributed by atoms with Gasteiger partial charge < -0.3 is 54.4 Å². The van der Waals surface area contributed by atoms with E-state index in [9.17, 15) is 19.2 Å². The molecule has 4 N–H and O–H groups in total. The minimum absolute atomic E-state index is 0.239. The van der Waals surface area contributed by atoms with Crippen LogP contribution in [0, 0.1) is 0 Å². The van der Waals surface area contributed by atoms with Crippen LogP contribution in [-0.2, 0) is 47.6 Å². The van der Waals surface area contributed by atoms with Crippen LogP contribution in [0.4, 0.5) is 0 Å². The van der Waals surface area contributed by atoms with Crippen molar-refractivity contribution in [1.29, 1.82) is 0 Å².